The number of nitrogens with one attached hydrogen (secondary N) is 2. The molecule has 0 saturated carbocycles. The van der Waals surface area contributed by atoms with Gasteiger partial charge in [-0.25, -0.2) is 0 Å². The van der Waals surface area contributed by atoms with E-state index < -0.39 is 16.4 Å². The zero-order valence-corrected chi connectivity index (χ0v) is 10.9. The molecule has 1 aromatic heterocycles. The van der Waals surface area contributed by atoms with Gasteiger partial charge in [0.25, 0.3) is 0 Å². The Morgan fingerprint density at radius 3 is 2.90 bits per heavy atom. The summed E-state index contributed by atoms with van der Waals surface area (Å²) in [6.07, 6.45) is 1.54. The predicted molar refractivity (Wildman–Crippen MR) is 74.8 cm³/mol. The molecule has 0 aliphatic rings. The van der Waals surface area contributed by atoms with Crippen molar-refractivity contribution in [2.24, 2.45) is 0 Å². The van der Waals surface area contributed by atoms with Crippen molar-refractivity contribution in [2.45, 2.75) is 6.54 Å². The molecule has 0 atom stereocenters. The van der Waals surface area contributed by atoms with E-state index in [2.05, 4.69) is 10.6 Å². The van der Waals surface area contributed by atoms with Crippen molar-refractivity contribution in [3.63, 3.8) is 0 Å². The highest BCUT2D eigenvalue weighted by atomic mass is 32.1. The fraction of sp³-hybridized carbons (Fsp3) is 0.0833. The number of hydrogen-bond donors (Lipinski definition) is 2. The Bertz CT molecular complexity index is 631. The van der Waals surface area contributed by atoms with Gasteiger partial charge in [-0.05, 0) is 36.5 Å². The van der Waals surface area contributed by atoms with Crippen LogP contribution in [-0.4, -0.2) is 10.0 Å². The first-order valence-corrected chi connectivity index (χ1v) is 5.98. The highest BCUT2D eigenvalue weighted by molar-refractivity contribution is 7.80. The molecule has 1 aromatic carbocycles. The third-order valence-corrected chi connectivity index (χ3v) is 2.65. The van der Waals surface area contributed by atoms with Crippen LogP contribution in [0.1, 0.15) is 5.76 Å². The minimum Gasteiger partial charge on any atom is -0.467 e. The van der Waals surface area contributed by atoms with Crippen molar-refractivity contribution in [1.82, 2.24) is 5.32 Å². The molecular formula is C12H10FN3O3S. The molecule has 20 heavy (non-hydrogen) atoms. The van der Waals surface area contributed by atoms with Crippen LogP contribution in [0.2, 0.25) is 0 Å². The van der Waals surface area contributed by atoms with Crippen LogP contribution in [0.3, 0.4) is 0 Å². The number of halogens is 1. The van der Waals surface area contributed by atoms with Gasteiger partial charge in [-0.15, -0.1) is 0 Å². The largest absolute Gasteiger partial charge is 0.467 e. The molecule has 2 N–H and O–H groups in total. The van der Waals surface area contributed by atoms with E-state index in [1.165, 1.54) is 12.3 Å². The summed E-state index contributed by atoms with van der Waals surface area (Å²) in [6, 6.07) is 6.98. The van der Waals surface area contributed by atoms with Crippen molar-refractivity contribution < 1.29 is 13.7 Å². The van der Waals surface area contributed by atoms with Crippen LogP contribution in [0, 0.1) is 15.9 Å². The Labute approximate surface area is 118 Å². The Morgan fingerprint density at radius 2 is 2.25 bits per heavy atom. The van der Waals surface area contributed by atoms with Gasteiger partial charge in [0.05, 0.1) is 17.7 Å². The number of nitro benzene ring substituents is 1. The lowest BCUT2D eigenvalue weighted by atomic mass is 10.2. The van der Waals surface area contributed by atoms with Crippen molar-refractivity contribution >= 4 is 28.7 Å². The zero-order valence-electron chi connectivity index (χ0n) is 10.1. The average molecular weight is 295 g/mol. The van der Waals surface area contributed by atoms with Gasteiger partial charge < -0.3 is 15.1 Å². The normalized spacial score (nSPS) is 10.1. The Kier molecular flexibility index (Phi) is 4.26. The molecule has 0 unspecified atom stereocenters. The maximum absolute atomic E-state index is 13.2. The Balaban J connectivity index is 1.97. The van der Waals surface area contributed by atoms with Gasteiger partial charge >= 0.3 is 5.69 Å². The van der Waals surface area contributed by atoms with Crippen LogP contribution in [0.25, 0.3) is 0 Å². The number of benzene rings is 1. The van der Waals surface area contributed by atoms with Crippen LogP contribution >= 0.6 is 12.2 Å². The fourth-order valence-electron chi connectivity index (χ4n) is 1.49. The van der Waals surface area contributed by atoms with Crippen LogP contribution < -0.4 is 10.6 Å². The summed E-state index contributed by atoms with van der Waals surface area (Å²) in [7, 11) is 0. The molecule has 8 heteroatoms. The molecule has 2 aromatic rings. The Morgan fingerprint density at radius 1 is 1.45 bits per heavy atom. The Hall–Kier alpha value is -2.48. The zero-order chi connectivity index (χ0) is 14.5. The lowest BCUT2D eigenvalue weighted by molar-refractivity contribution is -0.387. The van der Waals surface area contributed by atoms with E-state index in [4.69, 9.17) is 16.6 Å². The monoisotopic (exact) mass is 295 g/mol. The molecule has 2 rings (SSSR count). The van der Waals surface area contributed by atoms with Crippen LogP contribution in [0.15, 0.2) is 41.0 Å². The molecule has 0 aliphatic carbocycles. The number of hydrogen-bond acceptors (Lipinski definition) is 4. The third-order valence-electron chi connectivity index (χ3n) is 2.40. The van der Waals surface area contributed by atoms with Crippen LogP contribution in [0.5, 0.6) is 0 Å². The summed E-state index contributed by atoms with van der Waals surface area (Å²) in [6.45, 7) is 0.377. The maximum Gasteiger partial charge on any atom is 0.306 e. The van der Waals surface area contributed by atoms with Crippen molar-refractivity contribution in [1.29, 1.82) is 0 Å². The van der Waals surface area contributed by atoms with Gasteiger partial charge in [-0.1, -0.05) is 0 Å². The van der Waals surface area contributed by atoms with E-state index in [0.717, 1.165) is 12.1 Å². The first-order chi connectivity index (χ1) is 9.56. The van der Waals surface area contributed by atoms with Gasteiger partial charge in [0.15, 0.2) is 5.11 Å². The molecule has 0 radical (unpaired) electrons. The second kappa shape index (κ2) is 6.11. The van der Waals surface area contributed by atoms with E-state index in [1.807, 2.05) is 0 Å². The van der Waals surface area contributed by atoms with Crippen molar-refractivity contribution in [3.05, 3.63) is 58.3 Å². The molecule has 6 nitrogen and oxygen atoms in total. The summed E-state index contributed by atoms with van der Waals surface area (Å²) >= 11 is 5.02. The third kappa shape index (κ3) is 3.51. The maximum atomic E-state index is 13.2. The highest BCUT2D eigenvalue weighted by Gasteiger charge is 2.14. The van der Waals surface area contributed by atoms with Crippen molar-refractivity contribution in [3.8, 4) is 0 Å². The number of thiocarbonyl (C=S) groups is 1. The summed E-state index contributed by atoms with van der Waals surface area (Å²) < 4.78 is 18.3. The summed E-state index contributed by atoms with van der Waals surface area (Å²) in [4.78, 5) is 9.83. The molecular weight excluding hydrogens is 285 g/mol. The van der Waals surface area contributed by atoms with E-state index in [-0.39, 0.29) is 5.11 Å². The highest BCUT2D eigenvalue weighted by Crippen LogP contribution is 2.21. The lowest BCUT2D eigenvalue weighted by Gasteiger charge is -2.09. The first kappa shape index (κ1) is 13.9. The van der Waals surface area contributed by atoms with Gasteiger partial charge in [0.2, 0.25) is 5.82 Å². The van der Waals surface area contributed by atoms with Gasteiger partial charge in [-0.2, -0.15) is 4.39 Å². The summed E-state index contributed by atoms with van der Waals surface area (Å²) in [5, 5.41) is 16.5. The first-order valence-electron chi connectivity index (χ1n) is 5.57. The van der Waals surface area contributed by atoms with E-state index in [1.54, 1.807) is 12.1 Å². The number of rotatable bonds is 4. The minimum atomic E-state index is -0.894. The number of nitrogens with zero attached hydrogens (tertiary/aromatic N) is 1. The molecule has 0 bridgehead atoms. The topological polar surface area (TPSA) is 80.3 Å². The van der Waals surface area contributed by atoms with E-state index in [9.17, 15) is 14.5 Å². The number of furan rings is 1. The van der Waals surface area contributed by atoms with E-state index >= 15 is 0 Å². The second-order valence-electron chi connectivity index (χ2n) is 3.81. The molecule has 1 heterocycles. The SMILES string of the molecule is O=[N+]([O-])c1cc(NC(=S)NCc2ccco2)ccc1F. The van der Waals surface area contributed by atoms with Gasteiger partial charge in [0, 0.05) is 11.8 Å². The average Bonchev–Trinajstić information content (AvgIpc) is 2.91. The molecule has 104 valence electrons. The van der Waals surface area contributed by atoms with Crippen molar-refractivity contribution in [2.75, 3.05) is 5.32 Å². The van der Waals surface area contributed by atoms with Gasteiger partial charge in [0.1, 0.15) is 5.76 Å². The quantitative estimate of drug-likeness (QED) is 0.513. The molecule has 0 spiro atoms. The smallest absolute Gasteiger partial charge is 0.306 e. The minimum absolute atomic E-state index is 0.252. The number of nitro groups is 1. The van der Waals surface area contributed by atoms with Gasteiger partial charge in [-0.3, -0.25) is 10.1 Å². The molecule has 0 fully saturated rings. The lowest BCUT2D eigenvalue weighted by Crippen LogP contribution is -2.27. The fourth-order valence-corrected chi connectivity index (χ4v) is 1.68. The van der Waals surface area contributed by atoms with Crippen LogP contribution in [-0.2, 0) is 6.54 Å². The second-order valence-corrected chi connectivity index (χ2v) is 4.22. The predicted octanol–water partition coefficient (Wildman–Crippen LogP) is 2.81. The van der Waals surface area contributed by atoms with E-state index in [0.29, 0.717) is 18.0 Å². The number of anilines is 1. The summed E-state index contributed by atoms with van der Waals surface area (Å²) in [5.74, 6) is -0.200. The molecule has 0 saturated heterocycles. The van der Waals surface area contributed by atoms with Crippen LogP contribution in [0.4, 0.5) is 15.8 Å². The molecule has 0 aliphatic heterocycles. The molecule has 0 amide bonds. The summed E-state index contributed by atoms with van der Waals surface area (Å²) in [5.41, 5.74) is -0.279. The standard InChI is InChI=1S/C12H10FN3O3S/c13-10-4-3-8(6-11(10)16(17)18)15-12(20)14-7-9-2-1-5-19-9/h1-6H,7H2,(H2,14,15,20).